The van der Waals surface area contributed by atoms with Crippen LogP contribution >= 0.6 is 0 Å². The largest absolute Gasteiger partial charge is 0.463 e. The van der Waals surface area contributed by atoms with Gasteiger partial charge in [-0.1, -0.05) is 0 Å². The summed E-state index contributed by atoms with van der Waals surface area (Å²) in [4.78, 5) is 26.4. The summed E-state index contributed by atoms with van der Waals surface area (Å²) in [6, 6.07) is 0. The molecule has 14 heavy (non-hydrogen) atoms. The predicted octanol–water partition coefficient (Wildman–Crippen LogP) is 0.0594. The summed E-state index contributed by atoms with van der Waals surface area (Å²) in [6.07, 6.45) is 2.73. The molecule has 2 unspecified atom stereocenters. The fourth-order valence-corrected chi connectivity index (χ4v) is 1.46. The van der Waals surface area contributed by atoms with E-state index in [2.05, 4.69) is 9.73 Å². The number of ether oxygens (including phenoxy) is 2. The molecule has 0 N–H and O–H groups in total. The van der Waals surface area contributed by atoms with E-state index in [-0.39, 0.29) is 11.5 Å². The van der Waals surface area contributed by atoms with E-state index in [4.69, 9.17) is 4.74 Å². The van der Waals surface area contributed by atoms with Gasteiger partial charge >= 0.3 is 5.97 Å². The van der Waals surface area contributed by atoms with Crippen LogP contribution in [0.15, 0.2) is 16.8 Å². The lowest BCUT2D eigenvalue weighted by Crippen LogP contribution is -2.27. The average Bonchev–Trinajstić information content (AvgIpc) is 2.62. The topological polar surface area (TPSA) is 65.0 Å². The van der Waals surface area contributed by atoms with Crippen molar-refractivity contribution in [3.8, 4) is 0 Å². The van der Waals surface area contributed by atoms with Crippen LogP contribution < -0.4 is 0 Å². The third-order valence-corrected chi connectivity index (χ3v) is 2.19. The molecule has 5 heteroatoms. The molecule has 74 valence electrons. The number of carbonyl (C=O) groups is 2. The van der Waals surface area contributed by atoms with Crippen molar-refractivity contribution in [1.82, 2.24) is 0 Å². The third kappa shape index (κ3) is 1.30. The van der Waals surface area contributed by atoms with Gasteiger partial charge in [0.2, 0.25) is 12.0 Å². The lowest BCUT2D eigenvalue weighted by molar-refractivity contribution is -0.141. The second-order valence-electron chi connectivity index (χ2n) is 3.06. The maximum absolute atomic E-state index is 11.4. The maximum Gasteiger partial charge on any atom is 0.373 e. The third-order valence-electron chi connectivity index (χ3n) is 2.19. The monoisotopic (exact) mass is 195 g/mol. The van der Waals surface area contributed by atoms with E-state index in [1.54, 1.807) is 0 Å². The summed E-state index contributed by atoms with van der Waals surface area (Å²) in [7, 11) is 1.26. The number of Topliss-reactive ketones (excluding diaryl/α,β-unsaturated/α-hetero) is 1. The highest BCUT2D eigenvalue weighted by Gasteiger charge is 2.38. The van der Waals surface area contributed by atoms with Gasteiger partial charge in [-0.2, -0.15) is 0 Å². The molecular formula is C9H9NO4. The van der Waals surface area contributed by atoms with Gasteiger partial charge in [0, 0.05) is 12.6 Å². The van der Waals surface area contributed by atoms with Crippen LogP contribution in [-0.4, -0.2) is 31.3 Å². The molecule has 0 saturated carbocycles. The minimum absolute atomic E-state index is 0.0175. The number of methoxy groups -OCH3 is 1. The summed E-state index contributed by atoms with van der Waals surface area (Å²) < 4.78 is 9.64. The van der Waals surface area contributed by atoms with Gasteiger partial charge in [-0.15, -0.1) is 0 Å². The first-order valence-electron chi connectivity index (χ1n) is 4.23. The number of hydrogen-bond acceptors (Lipinski definition) is 5. The van der Waals surface area contributed by atoms with E-state index in [0.717, 1.165) is 0 Å². The molecule has 0 aliphatic carbocycles. The van der Waals surface area contributed by atoms with Crippen LogP contribution in [0.25, 0.3) is 0 Å². The highest BCUT2D eigenvalue weighted by molar-refractivity contribution is 5.98. The maximum atomic E-state index is 11.4. The van der Waals surface area contributed by atoms with Gasteiger partial charge in [0.25, 0.3) is 0 Å². The Hall–Kier alpha value is -1.65. The van der Waals surface area contributed by atoms with Gasteiger partial charge in [0.05, 0.1) is 13.0 Å². The molecule has 0 aromatic carbocycles. The lowest BCUT2D eigenvalue weighted by Gasteiger charge is -2.16. The molecule has 0 radical (unpaired) electrons. The van der Waals surface area contributed by atoms with Crippen molar-refractivity contribution < 1.29 is 19.1 Å². The fraction of sp³-hybridized carbons (Fsp3) is 0.444. The van der Waals surface area contributed by atoms with Crippen LogP contribution in [0.2, 0.25) is 0 Å². The number of hydrogen-bond donors (Lipinski definition) is 0. The van der Waals surface area contributed by atoms with E-state index in [9.17, 15) is 9.59 Å². The zero-order valence-electron chi connectivity index (χ0n) is 7.60. The number of fused-ring (bicyclic) bond motifs is 1. The lowest BCUT2D eigenvalue weighted by atomic mass is 9.99. The number of rotatable bonds is 1. The van der Waals surface area contributed by atoms with E-state index in [1.165, 1.54) is 19.4 Å². The quantitative estimate of drug-likeness (QED) is 0.555. The number of carbonyl (C=O) groups excluding carboxylic acids is 2. The Morgan fingerprint density at radius 2 is 2.50 bits per heavy atom. The number of ketones is 1. The number of nitrogens with zero attached hydrogens (tertiary/aromatic N) is 1. The van der Waals surface area contributed by atoms with E-state index >= 15 is 0 Å². The molecular weight excluding hydrogens is 186 g/mol. The highest BCUT2D eigenvalue weighted by Crippen LogP contribution is 2.28. The Kier molecular flexibility index (Phi) is 2.07. The Balaban J connectivity index is 2.21. The van der Waals surface area contributed by atoms with Gasteiger partial charge < -0.3 is 9.47 Å². The van der Waals surface area contributed by atoms with Gasteiger partial charge in [0.15, 0.2) is 5.78 Å². The molecule has 0 bridgehead atoms. The first-order valence-corrected chi connectivity index (χ1v) is 4.23. The summed E-state index contributed by atoms with van der Waals surface area (Å²) >= 11 is 0. The van der Waals surface area contributed by atoms with Crippen molar-refractivity contribution in [3.63, 3.8) is 0 Å². The molecule has 0 spiro atoms. The normalized spacial score (nSPS) is 29.2. The molecule has 2 aliphatic heterocycles. The van der Waals surface area contributed by atoms with Crippen LogP contribution in [0.1, 0.15) is 6.42 Å². The van der Waals surface area contributed by atoms with E-state index in [0.29, 0.717) is 6.42 Å². The van der Waals surface area contributed by atoms with Crippen molar-refractivity contribution >= 4 is 18.0 Å². The van der Waals surface area contributed by atoms with Crippen LogP contribution in [-0.2, 0) is 19.1 Å². The fourth-order valence-electron chi connectivity index (χ4n) is 1.46. The Morgan fingerprint density at radius 3 is 3.14 bits per heavy atom. The van der Waals surface area contributed by atoms with E-state index in [1.807, 2.05) is 0 Å². The van der Waals surface area contributed by atoms with Gasteiger partial charge in [0.1, 0.15) is 0 Å². The van der Waals surface area contributed by atoms with Crippen molar-refractivity contribution in [1.29, 1.82) is 0 Å². The molecule has 2 heterocycles. The minimum Gasteiger partial charge on any atom is -0.463 e. The molecule has 5 nitrogen and oxygen atoms in total. The second-order valence-corrected chi connectivity index (χ2v) is 3.06. The molecule has 0 amide bonds. The Bertz CT molecular complexity index is 345. The summed E-state index contributed by atoms with van der Waals surface area (Å²) in [5.74, 6) is -0.893. The average molecular weight is 195 g/mol. The van der Waals surface area contributed by atoms with Gasteiger partial charge in [-0.05, 0) is 6.08 Å². The number of esters is 1. The Labute approximate surface area is 80.4 Å². The summed E-state index contributed by atoms with van der Waals surface area (Å²) in [5, 5.41) is 0. The van der Waals surface area contributed by atoms with Gasteiger partial charge in [-0.25, -0.2) is 4.79 Å². The zero-order chi connectivity index (χ0) is 10.1. The van der Waals surface area contributed by atoms with Crippen LogP contribution in [0.4, 0.5) is 0 Å². The molecule has 2 aliphatic rings. The predicted molar refractivity (Wildman–Crippen MR) is 46.6 cm³/mol. The molecule has 0 aromatic rings. The second kappa shape index (κ2) is 3.25. The van der Waals surface area contributed by atoms with E-state index < -0.39 is 18.1 Å². The zero-order valence-corrected chi connectivity index (χ0v) is 7.60. The minimum atomic E-state index is -0.567. The summed E-state index contributed by atoms with van der Waals surface area (Å²) in [6.45, 7) is 0. The SMILES string of the molecule is COC(=O)C1=CC2C(=O)CC=NC2O1. The van der Waals surface area contributed by atoms with Gasteiger partial charge in [-0.3, -0.25) is 9.79 Å². The molecule has 0 aromatic heterocycles. The van der Waals surface area contributed by atoms with Crippen LogP contribution in [0, 0.1) is 5.92 Å². The van der Waals surface area contributed by atoms with Crippen LogP contribution in [0.5, 0.6) is 0 Å². The molecule has 2 atom stereocenters. The molecule has 2 rings (SSSR count). The number of aliphatic imine (C=N–C) groups is 1. The molecule has 0 saturated heterocycles. The Morgan fingerprint density at radius 1 is 1.71 bits per heavy atom. The van der Waals surface area contributed by atoms with Crippen LogP contribution in [0.3, 0.4) is 0 Å². The smallest absolute Gasteiger partial charge is 0.373 e. The summed E-state index contributed by atoms with van der Waals surface area (Å²) in [5.41, 5.74) is 0. The molecule has 0 fully saturated rings. The first kappa shape index (κ1) is 8.93. The van der Waals surface area contributed by atoms with Crippen molar-refractivity contribution in [2.24, 2.45) is 10.9 Å². The highest BCUT2D eigenvalue weighted by atomic mass is 16.6. The van der Waals surface area contributed by atoms with Crippen molar-refractivity contribution in [2.75, 3.05) is 7.11 Å². The van der Waals surface area contributed by atoms with Crippen molar-refractivity contribution in [3.05, 3.63) is 11.8 Å². The standard InChI is InChI=1S/C9H9NO4/c1-13-9(12)7-4-5-6(11)2-3-10-8(5)14-7/h3-5,8H,2H2,1H3. The first-order chi connectivity index (χ1) is 6.72. The van der Waals surface area contributed by atoms with Crippen molar-refractivity contribution in [2.45, 2.75) is 12.6 Å².